The highest BCUT2D eigenvalue weighted by atomic mass is 32.2. The number of ketones is 1. The molecule has 0 aromatic heterocycles. The van der Waals surface area contributed by atoms with Crippen LogP contribution in [0.2, 0.25) is 0 Å². The van der Waals surface area contributed by atoms with Crippen LogP contribution in [0.25, 0.3) is 0 Å². The predicted molar refractivity (Wildman–Crippen MR) is 118 cm³/mol. The van der Waals surface area contributed by atoms with E-state index in [2.05, 4.69) is 33.3 Å². The van der Waals surface area contributed by atoms with E-state index in [1.807, 2.05) is 6.07 Å². The molecule has 9 heteroatoms. The van der Waals surface area contributed by atoms with Crippen molar-refractivity contribution in [2.75, 3.05) is 19.6 Å². The smallest absolute Gasteiger partial charge is 0.376 e. The van der Waals surface area contributed by atoms with Gasteiger partial charge in [0.05, 0.1) is 0 Å². The summed E-state index contributed by atoms with van der Waals surface area (Å²) in [6.07, 6.45) is 3.99. The van der Waals surface area contributed by atoms with Crippen LogP contribution in [0.3, 0.4) is 0 Å². The monoisotopic (exact) mass is 481 g/mol. The molecule has 2 aromatic rings. The van der Waals surface area contributed by atoms with Gasteiger partial charge in [-0.05, 0) is 87.0 Å². The lowest BCUT2D eigenvalue weighted by Gasteiger charge is -2.33. The van der Waals surface area contributed by atoms with Crippen LogP contribution in [0.1, 0.15) is 53.1 Å². The number of likely N-dealkylation sites (tertiary alicyclic amines) is 1. The molecular weight excluding hydrogens is 455 g/mol. The molecular formula is C24H26F3NO4S. The standard InChI is InChI=1S/C24H26F3NO4S/c25-24(26,27)33(30,31)32-21-8-9-22-20(16-21)7-6-19(23(22)29)12-15-28-13-10-18(11-14-28)17-4-2-1-3-5-17/h1-5,8-9,16,18-19H,6-7,10-15H2. The van der Waals surface area contributed by atoms with Crippen LogP contribution in [0.15, 0.2) is 48.5 Å². The van der Waals surface area contributed by atoms with Crippen LogP contribution in [0.5, 0.6) is 5.75 Å². The molecule has 33 heavy (non-hydrogen) atoms. The minimum Gasteiger partial charge on any atom is -0.376 e. The summed E-state index contributed by atoms with van der Waals surface area (Å²) < 4.78 is 64.3. The number of alkyl halides is 3. The molecule has 178 valence electrons. The Morgan fingerprint density at radius 2 is 1.70 bits per heavy atom. The maximum absolute atomic E-state index is 12.9. The van der Waals surface area contributed by atoms with Gasteiger partial charge in [0.25, 0.3) is 0 Å². The first-order chi connectivity index (χ1) is 15.6. The molecule has 1 heterocycles. The quantitative estimate of drug-likeness (QED) is 0.433. The van der Waals surface area contributed by atoms with Crippen LogP contribution in [0, 0.1) is 5.92 Å². The van der Waals surface area contributed by atoms with Crippen molar-refractivity contribution in [1.29, 1.82) is 0 Å². The van der Waals surface area contributed by atoms with E-state index in [0.29, 0.717) is 29.9 Å². The summed E-state index contributed by atoms with van der Waals surface area (Å²) >= 11 is 0. The van der Waals surface area contributed by atoms with Gasteiger partial charge < -0.3 is 9.08 Å². The Morgan fingerprint density at radius 1 is 1.00 bits per heavy atom. The minimum atomic E-state index is -5.73. The third-order valence-electron chi connectivity index (χ3n) is 6.62. The lowest BCUT2D eigenvalue weighted by molar-refractivity contribution is -0.0500. The number of halogens is 3. The molecule has 1 saturated heterocycles. The Morgan fingerprint density at radius 3 is 2.36 bits per heavy atom. The summed E-state index contributed by atoms with van der Waals surface area (Å²) in [5.74, 6) is -0.0440. The highest BCUT2D eigenvalue weighted by molar-refractivity contribution is 7.88. The Labute approximate surface area is 191 Å². The van der Waals surface area contributed by atoms with Gasteiger partial charge in [0.15, 0.2) is 5.78 Å². The van der Waals surface area contributed by atoms with E-state index < -0.39 is 21.4 Å². The molecule has 2 aromatic carbocycles. The molecule has 2 aliphatic rings. The summed E-state index contributed by atoms with van der Waals surface area (Å²) in [6.45, 7) is 2.81. The fourth-order valence-corrected chi connectivity index (χ4v) is 5.20. The zero-order valence-electron chi connectivity index (χ0n) is 18.1. The second-order valence-corrected chi connectivity index (χ2v) is 10.3. The fraction of sp³-hybridized carbons (Fsp3) is 0.458. The third-order valence-corrected chi connectivity index (χ3v) is 7.60. The van der Waals surface area contributed by atoms with Crippen LogP contribution < -0.4 is 4.18 Å². The van der Waals surface area contributed by atoms with Gasteiger partial charge in [-0.15, -0.1) is 0 Å². The van der Waals surface area contributed by atoms with Gasteiger partial charge in [0, 0.05) is 11.5 Å². The molecule has 1 aliphatic carbocycles. The Balaban J connectivity index is 1.31. The van der Waals surface area contributed by atoms with Gasteiger partial charge in [-0.3, -0.25) is 4.79 Å². The molecule has 1 aliphatic heterocycles. The number of nitrogens with zero attached hydrogens (tertiary/aromatic N) is 1. The van der Waals surface area contributed by atoms with E-state index >= 15 is 0 Å². The molecule has 0 radical (unpaired) electrons. The first-order valence-corrected chi connectivity index (χ1v) is 12.5. The van der Waals surface area contributed by atoms with E-state index in [4.69, 9.17) is 0 Å². The second-order valence-electron chi connectivity index (χ2n) is 8.72. The molecule has 0 saturated carbocycles. The number of Topliss-reactive ketones (excluding diaryl/α,β-unsaturated/α-hetero) is 1. The van der Waals surface area contributed by atoms with Crippen molar-refractivity contribution < 1.29 is 30.6 Å². The minimum absolute atomic E-state index is 0.0411. The molecule has 0 bridgehead atoms. The van der Waals surface area contributed by atoms with Gasteiger partial charge in [0.1, 0.15) is 5.75 Å². The Bertz CT molecular complexity index is 1090. The summed E-state index contributed by atoms with van der Waals surface area (Å²) in [5.41, 5.74) is -3.16. The van der Waals surface area contributed by atoms with Crippen molar-refractivity contribution in [2.24, 2.45) is 5.92 Å². The molecule has 0 amide bonds. The summed E-state index contributed by atoms with van der Waals surface area (Å²) in [4.78, 5) is 15.3. The van der Waals surface area contributed by atoms with Gasteiger partial charge in [-0.2, -0.15) is 21.6 Å². The lowest BCUT2D eigenvalue weighted by Crippen LogP contribution is -2.35. The number of hydrogen-bond acceptors (Lipinski definition) is 5. The van der Waals surface area contributed by atoms with Crippen molar-refractivity contribution in [3.05, 3.63) is 65.2 Å². The van der Waals surface area contributed by atoms with Crippen molar-refractivity contribution in [3.63, 3.8) is 0 Å². The first kappa shape index (κ1) is 23.8. The topological polar surface area (TPSA) is 63.7 Å². The highest BCUT2D eigenvalue weighted by Crippen LogP contribution is 2.33. The molecule has 1 unspecified atom stereocenters. The zero-order chi connectivity index (χ0) is 23.6. The third kappa shape index (κ3) is 5.41. The average molecular weight is 482 g/mol. The fourth-order valence-electron chi connectivity index (χ4n) is 4.75. The second kappa shape index (κ2) is 9.46. The van der Waals surface area contributed by atoms with Crippen molar-refractivity contribution >= 4 is 15.9 Å². The SMILES string of the molecule is O=C1c2ccc(OS(=O)(=O)C(F)(F)F)cc2CCC1CCN1CCC(c2ccccc2)CC1. The van der Waals surface area contributed by atoms with Crippen LogP contribution in [0.4, 0.5) is 13.2 Å². The number of fused-ring (bicyclic) bond motifs is 1. The number of hydrogen-bond donors (Lipinski definition) is 0. The Hall–Kier alpha value is -2.39. The number of carbonyl (C=O) groups excluding carboxylic acids is 1. The van der Waals surface area contributed by atoms with E-state index in [1.165, 1.54) is 17.7 Å². The molecule has 4 rings (SSSR count). The van der Waals surface area contributed by atoms with E-state index in [9.17, 15) is 26.4 Å². The molecule has 1 atom stereocenters. The van der Waals surface area contributed by atoms with E-state index in [1.54, 1.807) is 0 Å². The van der Waals surface area contributed by atoms with Crippen LogP contribution >= 0.6 is 0 Å². The number of rotatable bonds is 6. The van der Waals surface area contributed by atoms with Crippen LogP contribution in [-0.4, -0.2) is 44.2 Å². The highest BCUT2D eigenvalue weighted by Gasteiger charge is 2.48. The van der Waals surface area contributed by atoms with Gasteiger partial charge >= 0.3 is 15.6 Å². The number of benzene rings is 2. The maximum Gasteiger partial charge on any atom is 0.534 e. The van der Waals surface area contributed by atoms with Gasteiger partial charge in [-0.1, -0.05) is 30.3 Å². The molecule has 1 fully saturated rings. The summed E-state index contributed by atoms with van der Waals surface area (Å²) in [7, 11) is -5.73. The number of piperidine rings is 1. The normalized spacial score (nSPS) is 20.5. The van der Waals surface area contributed by atoms with Gasteiger partial charge in [0.2, 0.25) is 0 Å². The molecule has 0 spiro atoms. The lowest BCUT2D eigenvalue weighted by atomic mass is 9.81. The number of carbonyl (C=O) groups is 1. The average Bonchev–Trinajstić information content (AvgIpc) is 2.78. The summed E-state index contributed by atoms with van der Waals surface area (Å²) in [6, 6.07) is 14.2. The van der Waals surface area contributed by atoms with E-state index in [-0.39, 0.29) is 11.7 Å². The Kier molecular flexibility index (Phi) is 6.81. The number of aryl methyl sites for hydroxylation is 1. The molecule has 0 N–H and O–H groups in total. The van der Waals surface area contributed by atoms with Crippen molar-refractivity contribution in [3.8, 4) is 5.75 Å². The summed E-state index contributed by atoms with van der Waals surface area (Å²) in [5, 5.41) is 0. The predicted octanol–water partition coefficient (Wildman–Crippen LogP) is 4.93. The van der Waals surface area contributed by atoms with E-state index in [0.717, 1.165) is 45.0 Å². The van der Waals surface area contributed by atoms with Gasteiger partial charge in [-0.25, -0.2) is 0 Å². The van der Waals surface area contributed by atoms with Crippen molar-refractivity contribution in [2.45, 2.75) is 43.5 Å². The molecule has 5 nitrogen and oxygen atoms in total. The first-order valence-electron chi connectivity index (χ1n) is 11.1. The van der Waals surface area contributed by atoms with Crippen LogP contribution in [-0.2, 0) is 16.5 Å². The van der Waals surface area contributed by atoms with Crippen molar-refractivity contribution in [1.82, 2.24) is 4.90 Å². The zero-order valence-corrected chi connectivity index (χ0v) is 18.9. The maximum atomic E-state index is 12.9. The largest absolute Gasteiger partial charge is 0.534 e.